The Morgan fingerprint density at radius 1 is 1.16 bits per heavy atom. The second kappa shape index (κ2) is 8.05. The number of pyridine rings is 1. The van der Waals surface area contributed by atoms with Gasteiger partial charge in [-0.25, -0.2) is 4.98 Å². The average molecular weight is 476 g/mol. The molecule has 1 aromatic carbocycles. The molecule has 4 rings (SSSR count). The van der Waals surface area contributed by atoms with Crippen LogP contribution in [0.25, 0.3) is 33.0 Å². The van der Waals surface area contributed by atoms with E-state index in [1.54, 1.807) is 0 Å². The lowest BCUT2D eigenvalue weighted by Crippen LogP contribution is -2.22. The largest absolute Gasteiger partial charge is 0.361 e. The van der Waals surface area contributed by atoms with Crippen LogP contribution in [0, 0.1) is 0 Å². The maximum Gasteiger partial charge on any atom is 0.307 e. The van der Waals surface area contributed by atoms with Crippen molar-refractivity contribution in [1.82, 2.24) is 19.5 Å². The Kier molecular flexibility index (Phi) is 5.68. The molecule has 0 amide bonds. The van der Waals surface area contributed by atoms with Crippen molar-refractivity contribution in [3.05, 3.63) is 24.3 Å². The third kappa shape index (κ3) is 4.45. The van der Waals surface area contributed by atoms with Crippen LogP contribution in [0.3, 0.4) is 0 Å². The topological polar surface area (TPSA) is 102 Å². The molecule has 0 atom stereocenters. The van der Waals surface area contributed by atoms with Crippen LogP contribution >= 0.6 is 0 Å². The number of hydrogen-bond acceptors (Lipinski definition) is 7. The van der Waals surface area contributed by atoms with Crippen molar-refractivity contribution < 1.29 is 17.3 Å². The van der Waals surface area contributed by atoms with Gasteiger partial charge in [-0.05, 0) is 12.1 Å². The maximum absolute atomic E-state index is 11.9. The Bertz CT molecular complexity index is 1400. The van der Waals surface area contributed by atoms with Crippen molar-refractivity contribution in [3.63, 3.8) is 0 Å². The quantitative estimate of drug-likeness (QED) is 0.235. The molecule has 0 aliphatic rings. The minimum atomic E-state index is -3.79. The SMILES string of the molecule is CN(C)c1nc2c(OS(C)(=O)=O)nc3[nH]c4ccccc4c3c2n1COCC[Si](C)(C)C. The molecule has 3 aromatic heterocycles. The summed E-state index contributed by atoms with van der Waals surface area (Å²) in [7, 11) is -1.26. The highest BCUT2D eigenvalue weighted by molar-refractivity contribution is 7.86. The van der Waals surface area contributed by atoms with Crippen molar-refractivity contribution in [2.24, 2.45) is 0 Å². The molecule has 0 unspecified atom stereocenters. The van der Waals surface area contributed by atoms with E-state index in [1.165, 1.54) is 0 Å². The fourth-order valence-electron chi connectivity index (χ4n) is 3.65. The number of hydrogen-bond donors (Lipinski definition) is 1. The molecule has 9 nitrogen and oxygen atoms in total. The minimum absolute atomic E-state index is 0.0505. The molecule has 0 bridgehead atoms. The van der Waals surface area contributed by atoms with E-state index >= 15 is 0 Å². The van der Waals surface area contributed by atoms with Crippen LogP contribution in [-0.2, 0) is 21.6 Å². The van der Waals surface area contributed by atoms with Gasteiger partial charge in [0.25, 0.3) is 5.88 Å². The summed E-state index contributed by atoms with van der Waals surface area (Å²) < 4.78 is 37.2. The Morgan fingerprint density at radius 2 is 1.88 bits per heavy atom. The van der Waals surface area contributed by atoms with E-state index in [1.807, 2.05) is 47.8 Å². The molecular weight excluding hydrogens is 446 g/mol. The minimum Gasteiger partial charge on any atom is -0.361 e. The van der Waals surface area contributed by atoms with Gasteiger partial charge in [-0.3, -0.25) is 4.57 Å². The molecule has 0 aliphatic carbocycles. The van der Waals surface area contributed by atoms with Gasteiger partial charge < -0.3 is 18.8 Å². The van der Waals surface area contributed by atoms with E-state index in [4.69, 9.17) is 13.9 Å². The molecule has 3 heterocycles. The van der Waals surface area contributed by atoms with Gasteiger partial charge in [0.05, 0.1) is 17.2 Å². The molecule has 0 saturated heterocycles. The van der Waals surface area contributed by atoms with Crippen LogP contribution in [0.1, 0.15) is 0 Å². The van der Waals surface area contributed by atoms with E-state index in [9.17, 15) is 8.42 Å². The number of nitrogens with one attached hydrogen (secondary N) is 1. The predicted molar refractivity (Wildman–Crippen MR) is 131 cm³/mol. The third-order valence-electron chi connectivity index (χ3n) is 5.13. The molecule has 172 valence electrons. The van der Waals surface area contributed by atoms with E-state index in [-0.39, 0.29) is 12.6 Å². The van der Waals surface area contributed by atoms with Gasteiger partial charge in [-0.2, -0.15) is 13.4 Å². The van der Waals surface area contributed by atoms with Crippen molar-refractivity contribution in [2.75, 3.05) is 31.9 Å². The lowest BCUT2D eigenvalue weighted by atomic mass is 10.2. The number of benzene rings is 1. The highest BCUT2D eigenvalue weighted by atomic mass is 32.2. The number of ether oxygens (including phenoxy) is 1. The number of aromatic nitrogens is 4. The number of anilines is 1. The fourth-order valence-corrected chi connectivity index (χ4v) is 4.81. The summed E-state index contributed by atoms with van der Waals surface area (Å²) in [5.74, 6) is 0.580. The highest BCUT2D eigenvalue weighted by Gasteiger charge is 2.25. The predicted octanol–water partition coefficient (Wildman–Crippen LogP) is 3.78. The number of nitrogens with zero attached hydrogens (tertiary/aromatic N) is 4. The summed E-state index contributed by atoms with van der Waals surface area (Å²) in [6, 6.07) is 8.90. The summed E-state index contributed by atoms with van der Waals surface area (Å²) in [5, 5.41) is 1.82. The van der Waals surface area contributed by atoms with Gasteiger partial charge in [0, 0.05) is 39.7 Å². The van der Waals surface area contributed by atoms with Gasteiger partial charge >= 0.3 is 10.1 Å². The normalized spacial score (nSPS) is 12.8. The van der Waals surface area contributed by atoms with Crippen LogP contribution < -0.4 is 9.08 Å². The zero-order valence-electron chi connectivity index (χ0n) is 19.3. The van der Waals surface area contributed by atoms with E-state index in [2.05, 4.69) is 29.6 Å². The number of imidazole rings is 1. The van der Waals surface area contributed by atoms with Gasteiger partial charge in [-0.15, -0.1) is 0 Å². The summed E-state index contributed by atoms with van der Waals surface area (Å²) in [6.45, 7) is 7.86. The molecule has 0 spiro atoms. The number of fused-ring (bicyclic) bond motifs is 5. The molecule has 0 radical (unpaired) electrons. The molecule has 1 N–H and O–H groups in total. The number of aromatic amines is 1. The molecule has 32 heavy (non-hydrogen) atoms. The molecule has 4 aromatic rings. The molecular formula is C21H29N5O4SSi. The van der Waals surface area contributed by atoms with Crippen LogP contribution in [0.15, 0.2) is 24.3 Å². The van der Waals surface area contributed by atoms with Crippen molar-refractivity contribution in [1.29, 1.82) is 0 Å². The van der Waals surface area contributed by atoms with Crippen LogP contribution in [0.4, 0.5) is 5.95 Å². The zero-order valence-corrected chi connectivity index (χ0v) is 21.1. The summed E-state index contributed by atoms with van der Waals surface area (Å²) >= 11 is 0. The first-order chi connectivity index (χ1) is 14.9. The van der Waals surface area contributed by atoms with Crippen molar-refractivity contribution in [3.8, 4) is 5.88 Å². The fraction of sp³-hybridized carbons (Fsp3) is 0.429. The van der Waals surface area contributed by atoms with Crippen LogP contribution in [-0.4, -0.2) is 63.0 Å². The first-order valence-corrected chi connectivity index (χ1v) is 15.9. The molecule has 0 fully saturated rings. The average Bonchev–Trinajstić information content (AvgIpc) is 3.21. The van der Waals surface area contributed by atoms with Crippen molar-refractivity contribution >= 4 is 57.1 Å². The van der Waals surface area contributed by atoms with Gasteiger partial charge in [0.15, 0.2) is 5.52 Å². The van der Waals surface area contributed by atoms with Gasteiger partial charge in [0.1, 0.15) is 12.4 Å². The van der Waals surface area contributed by atoms with Crippen molar-refractivity contribution in [2.45, 2.75) is 32.4 Å². The van der Waals surface area contributed by atoms with Gasteiger partial charge in [0.2, 0.25) is 5.95 Å². The summed E-state index contributed by atoms with van der Waals surface area (Å²) in [6.07, 6.45) is 0.999. The Balaban J connectivity index is 1.97. The Labute approximate surface area is 188 Å². The Morgan fingerprint density at radius 3 is 2.53 bits per heavy atom. The van der Waals surface area contributed by atoms with E-state index in [0.717, 1.165) is 34.1 Å². The standard InChI is InChI=1S/C21H29N5O4SSi/c1-25(2)21-23-17-18(26(21)13-29-11-12-32(4,5)6)16-14-9-7-8-10-15(14)22-19(16)24-20(17)30-31(3,27)28/h7-10H,11-13H2,1-6H3,(H,22,24). The number of rotatable bonds is 8. The third-order valence-corrected chi connectivity index (χ3v) is 7.30. The number of H-pyrrole nitrogens is 1. The lowest BCUT2D eigenvalue weighted by molar-refractivity contribution is 0.0909. The maximum atomic E-state index is 11.9. The first-order valence-electron chi connectivity index (χ1n) is 10.4. The smallest absolute Gasteiger partial charge is 0.307 e. The second-order valence-electron chi connectivity index (χ2n) is 9.38. The monoisotopic (exact) mass is 475 g/mol. The molecule has 0 saturated carbocycles. The van der Waals surface area contributed by atoms with Crippen LogP contribution in [0.5, 0.6) is 5.88 Å². The summed E-state index contributed by atoms with van der Waals surface area (Å²) in [5.41, 5.74) is 2.53. The summed E-state index contributed by atoms with van der Waals surface area (Å²) in [4.78, 5) is 14.3. The zero-order chi connectivity index (χ0) is 23.3. The van der Waals surface area contributed by atoms with E-state index < -0.39 is 18.2 Å². The van der Waals surface area contributed by atoms with E-state index in [0.29, 0.717) is 23.7 Å². The lowest BCUT2D eigenvalue weighted by Gasteiger charge is -2.18. The molecule has 11 heteroatoms. The highest BCUT2D eigenvalue weighted by Crippen LogP contribution is 2.37. The second-order valence-corrected chi connectivity index (χ2v) is 16.6. The Hall–Kier alpha value is -2.63. The molecule has 0 aliphatic heterocycles. The van der Waals surface area contributed by atoms with Gasteiger partial charge in [-0.1, -0.05) is 37.8 Å². The first kappa shape index (κ1) is 22.6. The van der Waals surface area contributed by atoms with Crippen LogP contribution in [0.2, 0.25) is 25.7 Å². The number of para-hydroxylation sites is 1.